The van der Waals surface area contributed by atoms with Crippen molar-refractivity contribution in [3.05, 3.63) is 212 Å². The lowest BCUT2D eigenvalue weighted by molar-refractivity contribution is 0.476. The first-order chi connectivity index (χ1) is 31.7. The second kappa shape index (κ2) is 14.4. The van der Waals surface area contributed by atoms with E-state index >= 15 is 0 Å². The first-order valence-corrected chi connectivity index (χ1v) is 21.2. The summed E-state index contributed by atoms with van der Waals surface area (Å²) in [6, 6.07) is 72.6. The second-order valence-electron chi connectivity index (χ2n) is 15.8. The monoisotopic (exact) mass is 825 g/mol. The molecule has 13 rings (SSSR count). The third-order valence-electron chi connectivity index (χ3n) is 12.0. The lowest BCUT2D eigenvalue weighted by atomic mass is 9.94. The van der Waals surface area contributed by atoms with E-state index in [2.05, 4.69) is 130 Å². The van der Waals surface area contributed by atoms with Crippen molar-refractivity contribution in [1.29, 1.82) is 0 Å². The summed E-state index contributed by atoms with van der Waals surface area (Å²) in [5.74, 6) is 4.40. The summed E-state index contributed by atoms with van der Waals surface area (Å²) < 4.78 is 21.8. The zero-order chi connectivity index (χ0) is 42.1. The molecule has 4 heterocycles. The fourth-order valence-electron chi connectivity index (χ4n) is 9.14. The predicted octanol–water partition coefficient (Wildman–Crippen LogP) is 15.3. The van der Waals surface area contributed by atoms with Crippen LogP contribution in [0.4, 0.5) is 34.1 Å². The molecular weight excluding hydrogens is 791 g/mol. The molecule has 0 aliphatic carbocycles. The molecule has 0 spiro atoms. The number of aromatic nitrogens is 3. The Morgan fingerprint density at radius 2 is 0.828 bits per heavy atom. The van der Waals surface area contributed by atoms with Gasteiger partial charge in [-0.25, -0.2) is 9.97 Å². The number of hydrogen-bond acceptors (Lipinski definition) is 7. The Kier molecular flexibility index (Phi) is 8.04. The molecule has 11 aromatic rings. The van der Waals surface area contributed by atoms with Crippen LogP contribution in [-0.2, 0) is 0 Å². The summed E-state index contributed by atoms with van der Waals surface area (Å²) in [7, 11) is 0. The third kappa shape index (κ3) is 5.70. The highest BCUT2D eigenvalue weighted by molar-refractivity contribution is 6.01. The fourth-order valence-corrected chi connectivity index (χ4v) is 9.14. The third-order valence-corrected chi connectivity index (χ3v) is 12.0. The van der Waals surface area contributed by atoms with E-state index in [1.54, 1.807) is 0 Å². The normalized spacial score (nSPS) is 12.6. The molecule has 8 nitrogen and oxygen atoms in total. The molecule has 0 N–H and O–H groups in total. The van der Waals surface area contributed by atoms with Crippen LogP contribution >= 0.6 is 0 Å². The number of para-hydroxylation sites is 13. The molecule has 2 aliphatic heterocycles. The highest BCUT2D eigenvalue weighted by Gasteiger charge is 2.32. The van der Waals surface area contributed by atoms with Gasteiger partial charge in [0.05, 0.1) is 45.2 Å². The number of imidazole rings is 1. The quantitative estimate of drug-likeness (QED) is 0.165. The van der Waals surface area contributed by atoms with Gasteiger partial charge in [0.25, 0.3) is 0 Å². The summed E-state index contributed by atoms with van der Waals surface area (Å²) >= 11 is 0. The number of anilines is 6. The minimum Gasteiger partial charge on any atom is -0.453 e. The van der Waals surface area contributed by atoms with Gasteiger partial charge in [-0.3, -0.25) is 4.57 Å². The fraction of sp³-hybridized carbons (Fsp3) is 0. The molecule has 0 radical (unpaired) electrons. The van der Waals surface area contributed by atoms with Crippen molar-refractivity contribution in [2.24, 2.45) is 0 Å². The van der Waals surface area contributed by atoms with Crippen LogP contribution in [0, 0.1) is 0 Å². The van der Waals surface area contributed by atoms with E-state index in [1.807, 2.05) is 97.1 Å². The van der Waals surface area contributed by atoms with Gasteiger partial charge in [-0.15, -0.1) is 0 Å². The molecule has 0 unspecified atom stereocenters. The number of fused-ring (bicyclic) bond motifs is 6. The second-order valence-corrected chi connectivity index (χ2v) is 15.8. The maximum absolute atomic E-state index is 6.60. The van der Waals surface area contributed by atoms with E-state index in [4.69, 9.17) is 23.9 Å². The molecule has 0 saturated heterocycles. The topological polar surface area (TPSA) is 68.8 Å². The molecule has 9 aromatic carbocycles. The van der Waals surface area contributed by atoms with Gasteiger partial charge in [0, 0.05) is 27.9 Å². The molecule has 302 valence electrons. The number of hydrogen-bond donors (Lipinski definition) is 0. The number of nitrogens with zero attached hydrogens (tertiary/aromatic N) is 5. The predicted molar refractivity (Wildman–Crippen MR) is 254 cm³/mol. The smallest absolute Gasteiger partial charge is 0.227 e. The highest BCUT2D eigenvalue weighted by atomic mass is 16.5. The molecule has 8 heteroatoms. The van der Waals surface area contributed by atoms with E-state index in [9.17, 15) is 0 Å². The zero-order valence-corrected chi connectivity index (χ0v) is 34.2. The summed E-state index contributed by atoms with van der Waals surface area (Å²) in [5.41, 5.74) is 13.8. The van der Waals surface area contributed by atoms with E-state index in [0.29, 0.717) is 5.89 Å². The van der Waals surface area contributed by atoms with Gasteiger partial charge < -0.3 is 23.7 Å². The van der Waals surface area contributed by atoms with Crippen LogP contribution < -0.4 is 19.3 Å². The number of benzene rings is 9. The first-order valence-electron chi connectivity index (χ1n) is 21.2. The molecule has 64 heavy (non-hydrogen) atoms. The van der Waals surface area contributed by atoms with Gasteiger partial charge in [-0.05, 0) is 103 Å². The molecule has 0 amide bonds. The Morgan fingerprint density at radius 1 is 0.359 bits per heavy atom. The average molecular weight is 826 g/mol. The van der Waals surface area contributed by atoms with E-state index in [0.717, 1.165) is 113 Å². The van der Waals surface area contributed by atoms with Gasteiger partial charge in [0.2, 0.25) is 5.89 Å². The summed E-state index contributed by atoms with van der Waals surface area (Å²) in [5, 5.41) is 0. The van der Waals surface area contributed by atoms with Crippen molar-refractivity contribution >= 4 is 56.3 Å². The Labute approximate surface area is 368 Å². The summed E-state index contributed by atoms with van der Waals surface area (Å²) in [6.45, 7) is 0. The van der Waals surface area contributed by atoms with Crippen molar-refractivity contribution in [1.82, 2.24) is 14.5 Å². The Bertz CT molecular complexity index is 3490. The summed E-state index contributed by atoms with van der Waals surface area (Å²) in [6.07, 6.45) is 0. The standard InChI is InChI=1S/C56H35N5O3/c1-2-16-38(17-3-1)59-43-20-6-4-18-41(43)57-55(59)36-30-32-39(48(34-36)60-44-21-7-12-26-51(44)62-52-27-13-8-22-45(52)60)40-33-31-37(56-58-42-19-5-11-25-50(42)64-56)35-49(40)61-46-23-9-14-28-53(46)63-54-29-15-10-24-47(54)61/h1-35H. The maximum Gasteiger partial charge on any atom is 0.227 e. The molecule has 0 fully saturated rings. The maximum atomic E-state index is 6.60. The van der Waals surface area contributed by atoms with E-state index in [1.165, 1.54) is 0 Å². The van der Waals surface area contributed by atoms with E-state index < -0.39 is 0 Å². The van der Waals surface area contributed by atoms with Crippen LogP contribution in [-0.4, -0.2) is 14.5 Å². The molecule has 0 bridgehead atoms. The first kappa shape index (κ1) is 35.8. The van der Waals surface area contributed by atoms with Gasteiger partial charge in [0.1, 0.15) is 11.3 Å². The van der Waals surface area contributed by atoms with Crippen LogP contribution in [0.25, 0.3) is 61.8 Å². The zero-order valence-electron chi connectivity index (χ0n) is 34.2. The number of oxazole rings is 1. The largest absolute Gasteiger partial charge is 0.453 e. The van der Waals surface area contributed by atoms with E-state index in [-0.39, 0.29) is 0 Å². The van der Waals surface area contributed by atoms with Crippen molar-refractivity contribution < 1.29 is 13.9 Å². The van der Waals surface area contributed by atoms with Gasteiger partial charge in [-0.1, -0.05) is 109 Å². The SMILES string of the molecule is c1ccc(-n2c(-c3ccc(-c4ccc(-c5nc6ccccc6o5)cc4N4c5ccccc5Oc5ccccc54)c(N4c5ccccc5Oc5ccccc54)c3)nc3ccccc32)cc1. The molecule has 2 aliphatic rings. The Morgan fingerprint density at radius 3 is 1.41 bits per heavy atom. The lowest BCUT2D eigenvalue weighted by Crippen LogP contribution is -2.18. The molecular formula is C56H35N5O3. The van der Waals surface area contributed by atoms with Crippen molar-refractivity contribution in [2.45, 2.75) is 0 Å². The summed E-state index contributed by atoms with van der Waals surface area (Å²) in [4.78, 5) is 14.9. The van der Waals surface area contributed by atoms with Crippen LogP contribution in [0.15, 0.2) is 217 Å². The van der Waals surface area contributed by atoms with Crippen molar-refractivity contribution in [3.63, 3.8) is 0 Å². The van der Waals surface area contributed by atoms with Gasteiger partial charge in [0.15, 0.2) is 28.6 Å². The molecule has 0 atom stereocenters. The number of rotatable bonds is 6. The Hall–Kier alpha value is -8.88. The minimum atomic E-state index is 0.537. The van der Waals surface area contributed by atoms with Crippen LogP contribution in [0.5, 0.6) is 23.0 Å². The van der Waals surface area contributed by atoms with Crippen molar-refractivity contribution in [2.75, 3.05) is 9.80 Å². The highest BCUT2D eigenvalue weighted by Crippen LogP contribution is 2.57. The minimum absolute atomic E-state index is 0.537. The van der Waals surface area contributed by atoms with Crippen LogP contribution in [0.2, 0.25) is 0 Å². The van der Waals surface area contributed by atoms with Gasteiger partial charge in [-0.2, -0.15) is 0 Å². The Balaban J connectivity index is 1.11. The molecule has 2 aromatic heterocycles. The van der Waals surface area contributed by atoms with Crippen molar-refractivity contribution in [3.8, 4) is 62.7 Å². The van der Waals surface area contributed by atoms with Gasteiger partial charge >= 0.3 is 0 Å². The molecule has 0 saturated carbocycles. The number of ether oxygens (including phenoxy) is 2. The van der Waals surface area contributed by atoms with Crippen LogP contribution in [0.1, 0.15) is 0 Å². The lowest BCUT2D eigenvalue weighted by Gasteiger charge is -2.36. The van der Waals surface area contributed by atoms with Crippen LogP contribution in [0.3, 0.4) is 0 Å². The average Bonchev–Trinajstić information content (AvgIpc) is 3.98.